The van der Waals surface area contributed by atoms with E-state index in [0.717, 1.165) is 61.1 Å². The van der Waals surface area contributed by atoms with E-state index in [1.165, 1.54) is 5.56 Å². The molecule has 0 amide bonds. The van der Waals surface area contributed by atoms with E-state index < -0.39 is 0 Å². The monoisotopic (exact) mass is 538 g/mol. The molecule has 0 bridgehead atoms. The molecule has 0 saturated heterocycles. The second-order valence-electron chi connectivity index (χ2n) is 9.93. The summed E-state index contributed by atoms with van der Waals surface area (Å²) in [4.78, 5) is 11.6. The molecule has 1 atom stereocenters. The van der Waals surface area contributed by atoms with Crippen LogP contribution in [-0.4, -0.2) is 11.5 Å². The van der Waals surface area contributed by atoms with Crippen molar-refractivity contribution in [3.8, 4) is 11.5 Å². The Kier molecular flexibility index (Phi) is 11.1. The fourth-order valence-electron chi connectivity index (χ4n) is 4.62. The third-order valence-electron chi connectivity index (χ3n) is 6.89. The molecule has 1 unspecified atom stereocenters. The molecule has 0 aliphatic rings. The molecule has 208 valence electrons. The minimum Gasteiger partial charge on any atom is -0.489 e. The van der Waals surface area contributed by atoms with Crippen LogP contribution < -0.4 is 14.8 Å². The molecule has 4 aromatic carbocycles. The van der Waals surface area contributed by atoms with Crippen LogP contribution in [-0.2, 0) is 19.6 Å². The summed E-state index contributed by atoms with van der Waals surface area (Å²) in [5.41, 5.74) is 4.24. The number of hydrogen-bond donors (Lipinski definition) is 1. The molecule has 4 aromatic rings. The van der Waals surface area contributed by atoms with Gasteiger partial charge in [0.25, 0.3) is 0 Å². The van der Waals surface area contributed by atoms with E-state index in [4.69, 9.17) is 9.47 Å². The number of benzene rings is 4. The largest absolute Gasteiger partial charge is 0.489 e. The van der Waals surface area contributed by atoms with Crippen molar-refractivity contribution >= 4 is 5.69 Å². The van der Waals surface area contributed by atoms with Gasteiger partial charge in [0.1, 0.15) is 19.0 Å². The molecule has 0 radical (unpaired) electrons. The van der Waals surface area contributed by atoms with Gasteiger partial charge >= 0.3 is 5.69 Å². The summed E-state index contributed by atoms with van der Waals surface area (Å²) in [5, 5.41) is 15.6. The van der Waals surface area contributed by atoms with Crippen LogP contribution >= 0.6 is 0 Å². The second kappa shape index (κ2) is 15.4. The Morgan fingerprint density at radius 1 is 0.775 bits per heavy atom. The number of nitro groups is 1. The standard InChI is InChI=1S/C34H38N2O4/c1-2-3-6-15-32(30-18-21-34(33(24-30)36(37)38)40-26-29-13-9-5-10-14-29)35-23-22-27-16-19-31(20-17-27)39-25-28-11-7-4-8-12-28/h4-5,7-14,16-21,24,32,35H,2-3,6,15,22-23,25-26H2,1H3. The summed E-state index contributed by atoms with van der Waals surface area (Å²) in [6.07, 6.45) is 5.08. The Balaban J connectivity index is 1.36. The van der Waals surface area contributed by atoms with Crippen molar-refractivity contribution in [2.24, 2.45) is 0 Å². The fraction of sp³-hybridized carbons (Fsp3) is 0.294. The van der Waals surface area contributed by atoms with Crippen molar-refractivity contribution in [3.05, 3.63) is 135 Å². The highest BCUT2D eigenvalue weighted by Crippen LogP contribution is 2.32. The number of unbranched alkanes of at least 4 members (excludes halogenated alkanes) is 2. The molecule has 6 heteroatoms. The topological polar surface area (TPSA) is 73.6 Å². The lowest BCUT2D eigenvalue weighted by molar-refractivity contribution is -0.386. The summed E-state index contributed by atoms with van der Waals surface area (Å²) in [6, 6.07) is 33.4. The number of nitrogens with zero attached hydrogens (tertiary/aromatic N) is 1. The number of nitro benzene ring substituents is 1. The minimum atomic E-state index is -0.353. The van der Waals surface area contributed by atoms with E-state index in [9.17, 15) is 10.1 Å². The Labute approximate surface area is 237 Å². The Hall–Kier alpha value is -4.16. The molecule has 1 N–H and O–H groups in total. The van der Waals surface area contributed by atoms with Gasteiger partial charge in [-0.15, -0.1) is 0 Å². The van der Waals surface area contributed by atoms with E-state index >= 15 is 0 Å². The van der Waals surface area contributed by atoms with Gasteiger partial charge in [-0.3, -0.25) is 10.1 Å². The fourth-order valence-corrected chi connectivity index (χ4v) is 4.62. The molecule has 4 rings (SSSR count). The van der Waals surface area contributed by atoms with Gasteiger partial charge in [-0.1, -0.05) is 105 Å². The average molecular weight is 539 g/mol. The van der Waals surface area contributed by atoms with Crippen LogP contribution in [0.15, 0.2) is 103 Å². The Morgan fingerprint density at radius 2 is 1.43 bits per heavy atom. The lowest BCUT2D eigenvalue weighted by Crippen LogP contribution is -2.24. The zero-order chi connectivity index (χ0) is 28.0. The molecule has 0 aliphatic carbocycles. The molecule has 0 fully saturated rings. The highest BCUT2D eigenvalue weighted by atomic mass is 16.6. The molecule has 0 spiro atoms. The van der Waals surface area contributed by atoms with Gasteiger partial charge in [0.2, 0.25) is 0 Å². The zero-order valence-corrected chi connectivity index (χ0v) is 23.1. The van der Waals surface area contributed by atoms with Crippen LogP contribution in [0.25, 0.3) is 0 Å². The van der Waals surface area contributed by atoms with Crippen LogP contribution in [0, 0.1) is 10.1 Å². The van der Waals surface area contributed by atoms with Crippen LogP contribution in [0.2, 0.25) is 0 Å². The van der Waals surface area contributed by atoms with Gasteiger partial charge in [-0.25, -0.2) is 0 Å². The van der Waals surface area contributed by atoms with Crippen molar-refractivity contribution in [2.45, 2.75) is 58.3 Å². The molecular weight excluding hydrogens is 500 g/mol. The van der Waals surface area contributed by atoms with Crippen LogP contribution in [0.1, 0.15) is 60.9 Å². The molecule has 40 heavy (non-hydrogen) atoms. The van der Waals surface area contributed by atoms with Crippen molar-refractivity contribution < 1.29 is 14.4 Å². The summed E-state index contributed by atoms with van der Waals surface area (Å²) in [5.74, 6) is 1.14. The van der Waals surface area contributed by atoms with E-state index in [2.05, 4.69) is 36.5 Å². The minimum absolute atomic E-state index is 0.00168. The highest BCUT2D eigenvalue weighted by molar-refractivity contribution is 5.49. The predicted molar refractivity (Wildman–Crippen MR) is 160 cm³/mol. The molecule has 0 aliphatic heterocycles. The first-order valence-corrected chi connectivity index (χ1v) is 14.1. The third-order valence-corrected chi connectivity index (χ3v) is 6.89. The van der Waals surface area contributed by atoms with E-state index in [1.807, 2.05) is 66.7 Å². The lowest BCUT2D eigenvalue weighted by Gasteiger charge is -2.20. The smallest absolute Gasteiger partial charge is 0.311 e. The van der Waals surface area contributed by atoms with Crippen molar-refractivity contribution in [1.82, 2.24) is 5.32 Å². The SMILES string of the molecule is CCCCCC(NCCc1ccc(OCc2ccccc2)cc1)c1ccc(OCc2ccccc2)c([N+](=O)[O-])c1. The maximum atomic E-state index is 11.9. The van der Waals surface area contributed by atoms with Crippen molar-refractivity contribution in [3.63, 3.8) is 0 Å². The average Bonchev–Trinajstić information content (AvgIpc) is 3.00. The third kappa shape index (κ3) is 8.95. The predicted octanol–water partition coefficient (Wildman–Crippen LogP) is 8.21. The second-order valence-corrected chi connectivity index (χ2v) is 9.93. The Bertz CT molecular complexity index is 1310. The van der Waals surface area contributed by atoms with E-state index in [1.54, 1.807) is 12.1 Å². The molecule has 0 saturated carbocycles. The number of ether oxygens (including phenoxy) is 2. The van der Waals surface area contributed by atoms with Crippen LogP contribution in [0.4, 0.5) is 5.69 Å². The summed E-state index contributed by atoms with van der Waals surface area (Å²) < 4.78 is 11.7. The van der Waals surface area contributed by atoms with Crippen LogP contribution in [0.5, 0.6) is 11.5 Å². The first-order chi connectivity index (χ1) is 19.6. The van der Waals surface area contributed by atoms with Crippen LogP contribution in [0.3, 0.4) is 0 Å². The number of rotatable bonds is 16. The quantitative estimate of drug-likeness (QED) is 0.0884. The molecule has 0 aromatic heterocycles. The normalized spacial score (nSPS) is 11.6. The first kappa shape index (κ1) is 28.8. The van der Waals surface area contributed by atoms with Crippen molar-refractivity contribution in [1.29, 1.82) is 0 Å². The van der Waals surface area contributed by atoms with Gasteiger partial charge in [0.05, 0.1) is 4.92 Å². The highest BCUT2D eigenvalue weighted by Gasteiger charge is 2.20. The van der Waals surface area contributed by atoms with Gasteiger partial charge in [-0.2, -0.15) is 0 Å². The zero-order valence-electron chi connectivity index (χ0n) is 23.1. The maximum Gasteiger partial charge on any atom is 0.311 e. The van der Waals surface area contributed by atoms with Gasteiger partial charge in [-0.05, 0) is 59.8 Å². The summed E-state index contributed by atoms with van der Waals surface area (Å²) in [7, 11) is 0. The van der Waals surface area contributed by atoms with Gasteiger partial charge < -0.3 is 14.8 Å². The van der Waals surface area contributed by atoms with Gasteiger partial charge in [0.15, 0.2) is 5.75 Å². The molecule has 6 nitrogen and oxygen atoms in total. The summed E-state index contributed by atoms with van der Waals surface area (Å²) >= 11 is 0. The van der Waals surface area contributed by atoms with Gasteiger partial charge in [0, 0.05) is 12.1 Å². The molecular formula is C34H38N2O4. The summed E-state index contributed by atoms with van der Waals surface area (Å²) in [6.45, 7) is 3.78. The first-order valence-electron chi connectivity index (χ1n) is 14.1. The van der Waals surface area contributed by atoms with E-state index in [0.29, 0.717) is 12.4 Å². The van der Waals surface area contributed by atoms with Crippen molar-refractivity contribution in [2.75, 3.05) is 6.54 Å². The Morgan fingerprint density at radius 3 is 2.05 bits per heavy atom. The maximum absolute atomic E-state index is 11.9. The number of nitrogens with one attached hydrogen (secondary N) is 1. The lowest BCUT2D eigenvalue weighted by atomic mass is 9.99. The van der Waals surface area contributed by atoms with E-state index in [-0.39, 0.29) is 23.3 Å². The molecule has 0 heterocycles. The number of hydrogen-bond acceptors (Lipinski definition) is 5.